The van der Waals surface area contributed by atoms with E-state index in [4.69, 9.17) is 16.5 Å². The summed E-state index contributed by atoms with van der Waals surface area (Å²) < 4.78 is 0.940. The summed E-state index contributed by atoms with van der Waals surface area (Å²) in [6, 6.07) is 2.55. The first kappa shape index (κ1) is 19.1. The molecule has 1 saturated heterocycles. The Kier molecular flexibility index (Phi) is 6.16. The van der Waals surface area contributed by atoms with Crippen molar-refractivity contribution in [3.8, 4) is 0 Å². The van der Waals surface area contributed by atoms with Crippen molar-refractivity contribution in [1.29, 1.82) is 0 Å². The number of aryl methyl sites for hydroxylation is 1. The van der Waals surface area contributed by atoms with Gasteiger partial charge >= 0.3 is 0 Å². The van der Waals surface area contributed by atoms with Gasteiger partial charge in [-0.25, -0.2) is 15.0 Å². The molecule has 3 aromatic heterocycles. The third-order valence-corrected chi connectivity index (χ3v) is 5.80. The number of pyridine rings is 1. The summed E-state index contributed by atoms with van der Waals surface area (Å²) >= 11 is 5.12. The molecule has 4 heterocycles. The monoisotopic (exact) mass is 390 g/mol. The molecule has 8 heteroatoms. The van der Waals surface area contributed by atoms with Crippen molar-refractivity contribution in [1.82, 2.24) is 15.0 Å². The molecule has 1 fully saturated rings. The number of thiophene rings is 1. The zero-order valence-electron chi connectivity index (χ0n) is 15.3. The maximum atomic E-state index is 6.05. The number of aromatic nitrogens is 3. The number of fused-ring (bicyclic) bond motifs is 3. The highest BCUT2D eigenvalue weighted by molar-refractivity contribution is 7.79. The second-order valence-electron chi connectivity index (χ2n) is 6.43. The first-order valence-electron chi connectivity index (χ1n) is 8.95. The van der Waals surface area contributed by atoms with Crippen molar-refractivity contribution < 1.29 is 0 Å². The highest BCUT2D eigenvalue weighted by Gasteiger charge is 2.21. The van der Waals surface area contributed by atoms with Crippen LogP contribution in [0, 0.1) is 0 Å². The number of nitrogens with zero attached hydrogens (tertiary/aromatic N) is 4. The summed E-state index contributed by atoms with van der Waals surface area (Å²) in [7, 11) is 0. The Morgan fingerprint density at radius 3 is 2.69 bits per heavy atom. The van der Waals surface area contributed by atoms with Gasteiger partial charge in [-0.1, -0.05) is 13.3 Å². The van der Waals surface area contributed by atoms with Gasteiger partial charge in [0, 0.05) is 24.5 Å². The van der Waals surface area contributed by atoms with Crippen LogP contribution in [0.5, 0.6) is 0 Å². The van der Waals surface area contributed by atoms with E-state index in [-0.39, 0.29) is 0 Å². The lowest BCUT2D eigenvalue weighted by atomic mass is 10.0. The molecule has 6 nitrogen and oxygen atoms in total. The molecule has 3 aromatic rings. The number of nitrogens with two attached hydrogens (primary N) is 2. The molecular formula is C18H26N6S2. The molecule has 140 valence electrons. The van der Waals surface area contributed by atoms with Gasteiger partial charge in [-0.15, -0.1) is 11.3 Å². The van der Waals surface area contributed by atoms with Gasteiger partial charge in [0.05, 0.1) is 10.2 Å². The summed E-state index contributed by atoms with van der Waals surface area (Å²) in [6.45, 7) is 4.14. The van der Waals surface area contributed by atoms with E-state index in [9.17, 15) is 0 Å². The SMILES string of the molecule is CCCc1cc(N2CCC(N)CC2)nc2sc3c(N)ncnc3c12.CS. The van der Waals surface area contributed by atoms with Crippen LogP contribution in [0.4, 0.5) is 11.6 Å². The minimum absolute atomic E-state index is 0.319. The van der Waals surface area contributed by atoms with E-state index in [0.29, 0.717) is 11.9 Å². The maximum absolute atomic E-state index is 6.05. The number of hydrogen-bond acceptors (Lipinski definition) is 8. The van der Waals surface area contributed by atoms with Crippen LogP contribution >= 0.6 is 24.0 Å². The molecule has 4 rings (SSSR count). The molecule has 0 unspecified atom stereocenters. The molecule has 0 atom stereocenters. The van der Waals surface area contributed by atoms with Crippen LogP contribution in [-0.2, 0) is 6.42 Å². The van der Waals surface area contributed by atoms with Gasteiger partial charge in [0.2, 0.25) is 0 Å². The smallest absolute Gasteiger partial charge is 0.144 e. The maximum Gasteiger partial charge on any atom is 0.144 e. The fourth-order valence-electron chi connectivity index (χ4n) is 3.40. The van der Waals surface area contributed by atoms with Crippen LogP contribution in [0.1, 0.15) is 31.7 Å². The average molecular weight is 391 g/mol. The number of nitrogen functional groups attached to an aromatic ring is 1. The number of anilines is 2. The Morgan fingerprint density at radius 1 is 1.27 bits per heavy atom. The molecule has 1 aliphatic heterocycles. The largest absolute Gasteiger partial charge is 0.382 e. The standard InChI is InChI=1S/C17H22N6S.CH4S/c1-2-3-10-8-12(23-6-4-11(18)5-7-23)22-17-13(10)14-15(24-17)16(19)21-9-20-14;1-2/h8-9,11H,2-7,18H2,1H3,(H2,19,20,21);2H,1H3. The Balaban J connectivity index is 0.000000948. The summed E-state index contributed by atoms with van der Waals surface area (Å²) in [5.74, 6) is 1.59. The lowest BCUT2D eigenvalue weighted by molar-refractivity contribution is 0.499. The van der Waals surface area contributed by atoms with E-state index in [2.05, 4.69) is 40.5 Å². The van der Waals surface area contributed by atoms with Crippen molar-refractivity contribution >= 4 is 56.0 Å². The molecule has 0 saturated carbocycles. The fraction of sp³-hybridized carbons (Fsp3) is 0.500. The number of piperidine rings is 1. The Bertz CT molecular complexity index is 886. The molecule has 0 aliphatic carbocycles. The average Bonchev–Trinajstić information content (AvgIpc) is 3.04. The molecule has 0 spiro atoms. The second-order valence-corrected chi connectivity index (χ2v) is 7.43. The quantitative estimate of drug-likeness (QED) is 0.594. The van der Waals surface area contributed by atoms with E-state index in [0.717, 1.165) is 65.0 Å². The summed E-state index contributed by atoms with van der Waals surface area (Å²) in [4.78, 5) is 16.9. The predicted octanol–water partition coefficient (Wildman–Crippen LogP) is 3.25. The van der Waals surface area contributed by atoms with Crippen LogP contribution in [0.15, 0.2) is 12.4 Å². The summed E-state index contributed by atoms with van der Waals surface area (Å²) in [5.41, 5.74) is 14.3. The lowest BCUT2D eigenvalue weighted by Gasteiger charge is -2.31. The van der Waals surface area contributed by atoms with Gasteiger partial charge in [-0.05, 0) is 37.1 Å². The minimum atomic E-state index is 0.319. The van der Waals surface area contributed by atoms with Crippen LogP contribution in [-0.4, -0.2) is 40.3 Å². The van der Waals surface area contributed by atoms with E-state index >= 15 is 0 Å². The van der Waals surface area contributed by atoms with Crippen molar-refractivity contribution in [2.75, 3.05) is 30.0 Å². The zero-order chi connectivity index (χ0) is 18.7. The fourth-order valence-corrected chi connectivity index (χ4v) is 4.48. The van der Waals surface area contributed by atoms with Crippen molar-refractivity contribution in [3.05, 3.63) is 18.0 Å². The number of rotatable bonds is 3. The van der Waals surface area contributed by atoms with E-state index in [1.807, 2.05) is 0 Å². The van der Waals surface area contributed by atoms with Crippen molar-refractivity contribution in [3.63, 3.8) is 0 Å². The van der Waals surface area contributed by atoms with Crippen molar-refractivity contribution in [2.45, 2.75) is 38.6 Å². The molecule has 0 bridgehead atoms. The van der Waals surface area contributed by atoms with Gasteiger partial charge in [0.25, 0.3) is 0 Å². The topological polar surface area (TPSA) is 94.0 Å². The van der Waals surface area contributed by atoms with Gasteiger partial charge in [-0.2, -0.15) is 12.6 Å². The summed E-state index contributed by atoms with van der Waals surface area (Å²) in [6.07, 6.45) is 7.37. The molecule has 1 aliphatic rings. The Hall–Kier alpha value is -1.64. The Labute approximate surface area is 163 Å². The summed E-state index contributed by atoms with van der Waals surface area (Å²) in [5, 5.41) is 1.14. The van der Waals surface area contributed by atoms with Gasteiger partial charge in [0.15, 0.2) is 0 Å². The van der Waals surface area contributed by atoms with Crippen LogP contribution in [0.3, 0.4) is 0 Å². The zero-order valence-corrected chi connectivity index (χ0v) is 17.0. The molecular weight excluding hydrogens is 364 g/mol. The Morgan fingerprint density at radius 2 is 2.00 bits per heavy atom. The van der Waals surface area contributed by atoms with Gasteiger partial charge < -0.3 is 16.4 Å². The molecule has 26 heavy (non-hydrogen) atoms. The van der Waals surface area contributed by atoms with E-state index in [1.165, 1.54) is 5.56 Å². The van der Waals surface area contributed by atoms with Gasteiger partial charge in [0.1, 0.15) is 22.8 Å². The normalized spacial score (nSPS) is 15.3. The molecule has 4 N–H and O–H groups in total. The van der Waals surface area contributed by atoms with Crippen LogP contribution < -0.4 is 16.4 Å². The lowest BCUT2D eigenvalue weighted by Crippen LogP contribution is -2.40. The molecule has 0 radical (unpaired) electrons. The number of thiol groups is 1. The molecule has 0 aromatic carbocycles. The van der Waals surface area contributed by atoms with Crippen molar-refractivity contribution in [2.24, 2.45) is 5.73 Å². The first-order chi connectivity index (χ1) is 12.7. The minimum Gasteiger partial charge on any atom is -0.382 e. The third-order valence-electron chi connectivity index (χ3n) is 4.70. The van der Waals surface area contributed by atoms with E-state index < -0.39 is 0 Å². The second kappa shape index (κ2) is 8.37. The highest BCUT2D eigenvalue weighted by Crippen LogP contribution is 2.38. The third kappa shape index (κ3) is 3.58. The molecule has 0 amide bonds. The number of hydrogen-bond donors (Lipinski definition) is 3. The van der Waals surface area contributed by atoms with Gasteiger partial charge in [-0.3, -0.25) is 0 Å². The predicted molar refractivity (Wildman–Crippen MR) is 115 cm³/mol. The van der Waals surface area contributed by atoms with Crippen LogP contribution in [0.2, 0.25) is 0 Å². The van der Waals surface area contributed by atoms with E-state index in [1.54, 1.807) is 23.9 Å². The highest BCUT2D eigenvalue weighted by atomic mass is 32.1. The van der Waals surface area contributed by atoms with Crippen LogP contribution in [0.25, 0.3) is 20.4 Å². The first-order valence-corrected chi connectivity index (χ1v) is 10.7.